The molecule has 0 radical (unpaired) electrons. The maximum Gasteiger partial charge on any atom is 0.335 e. The van der Waals surface area contributed by atoms with Crippen molar-refractivity contribution in [1.82, 2.24) is 4.90 Å². The Kier molecular flexibility index (Phi) is 24.8. The summed E-state index contributed by atoms with van der Waals surface area (Å²) >= 11 is 0. The van der Waals surface area contributed by atoms with E-state index in [9.17, 15) is 70.6 Å². The number of hydrogen-bond acceptors (Lipinski definition) is 25. The van der Waals surface area contributed by atoms with Gasteiger partial charge in [0.05, 0.1) is 60.9 Å². The molecule has 75 heavy (non-hydrogen) atoms. The van der Waals surface area contributed by atoms with Crippen molar-refractivity contribution in [3.05, 3.63) is 0 Å². The summed E-state index contributed by atoms with van der Waals surface area (Å²) in [6, 6.07) is -0.324. The van der Waals surface area contributed by atoms with Crippen LogP contribution in [0.1, 0.15) is 94.9 Å². The predicted molar refractivity (Wildman–Crippen MR) is 258 cm³/mol. The zero-order chi connectivity index (χ0) is 57.6. The fraction of sp³-hybridized carbons (Fsp3) is 0.939. The van der Waals surface area contributed by atoms with E-state index in [0.717, 1.165) is 0 Å². The van der Waals surface area contributed by atoms with Crippen LogP contribution in [-0.4, -0.2) is 268 Å². The largest absolute Gasteiger partial charge is 0.479 e. The zero-order valence-electron chi connectivity index (χ0n) is 45.3. The van der Waals surface area contributed by atoms with E-state index in [4.69, 9.17) is 53.2 Å². The number of aliphatic carboxylic acids is 1. The van der Waals surface area contributed by atoms with Crippen LogP contribution in [0.15, 0.2) is 0 Å². The van der Waals surface area contributed by atoms with Crippen molar-refractivity contribution in [1.29, 1.82) is 0 Å². The van der Waals surface area contributed by atoms with Crippen LogP contribution >= 0.6 is 0 Å². The quantitative estimate of drug-likeness (QED) is 0.0698. The van der Waals surface area contributed by atoms with Crippen LogP contribution in [0.25, 0.3) is 0 Å². The van der Waals surface area contributed by atoms with E-state index in [1.54, 1.807) is 41.5 Å². The third-order valence-electron chi connectivity index (χ3n) is 15.4. The number of carbonyl (C=O) groups excluding carboxylic acids is 2. The number of nitrogens with zero attached hydrogens (tertiary/aromatic N) is 1. The lowest BCUT2D eigenvalue weighted by molar-refractivity contribution is -0.326. The van der Waals surface area contributed by atoms with Crippen LogP contribution in [0.3, 0.4) is 0 Å². The van der Waals surface area contributed by atoms with Gasteiger partial charge in [-0.1, -0.05) is 27.7 Å². The van der Waals surface area contributed by atoms with Gasteiger partial charge in [-0.25, -0.2) is 4.79 Å². The molecule has 0 saturated carbocycles. The minimum Gasteiger partial charge on any atom is -0.479 e. The highest BCUT2D eigenvalue weighted by Gasteiger charge is 2.54. The molecule has 26 nitrogen and oxygen atoms in total. The van der Waals surface area contributed by atoms with E-state index < -0.39 is 182 Å². The second-order valence-corrected chi connectivity index (χ2v) is 21.8. The minimum atomic E-state index is -2.39. The van der Waals surface area contributed by atoms with Gasteiger partial charge in [0.2, 0.25) is 0 Å². The molecular weight excluding hydrogens is 1000 g/mol. The summed E-state index contributed by atoms with van der Waals surface area (Å²) in [7, 11) is 5.18. The van der Waals surface area contributed by atoms with Gasteiger partial charge in [0, 0.05) is 37.3 Å². The van der Waals surface area contributed by atoms with Gasteiger partial charge in [-0.3, -0.25) is 9.59 Å². The second-order valence-electron chi connectivity index (χ2n) is 21.8. The third-order valence-corrected chi connectivity index (χ3v) is 15.4. The van der Waals surface area contributed by atoms with Crippen molar-refractivity contribution in [3.63, 3.8) is 0 Å². The highest BCUT2D eigenvalue weighted by molar-refractivity contribution is 5.83. The standard InChI is InChI=1S/C37H67NO13.C12H22O12/c1-14-25-37(10,45)30(41)20(4)27(39)18(2)16-35(8,44)32(51-34-28(40)24(38(11)12)15-19(3)47-34)21(5)29(22(6)33(43)49-25)50-26-17-36(9,46-13)31(42)23(7)48-26;13-1-3(15)10(7(18)8(19)11(21)22)24-12-9(20)6(17)5(16)4(2-14)23-12/h18-26,28-32,34,40-42,44-45H,14-17H2,1-13H3;3-10,12-20H,1-2H2,(H,21,22)/t18-,19?,20+,21+,22-,23?,24?,25-,26?,28?,29+,30-,31?,32-,34?,35-,36?,37-;3-,4?,5+,6+,7-,8-,9?,10?,12+/m11/s1. The van der Waals surface area contributed by atoms with Gasteiger partial charge in [-0.15, -0.1) is 0 Å². The summed E-state index contributed by atoms with van der Waals surface area (Å²) in [5, 5.41) is 142. The smallest absolute Gasteiger partial charge is 0.335 e. The van der Waals surface area contributed by atoms with Crippen molar-refractivity contribution >= 4 is 17.7 Å². The number of esters is 1. The van der Waals surface area contributed by atoms with Gasteiger partial charge in [-0.2, -0.15) is 0 Å². The molecule has 0 aliphatic carbocycles. The minimum absolute atomic E-state index is 0.0936. The highest BCUT2D eigenvalue weighted by atomic mass is 16.7. The molecule has 0 spiro atoms. The van der Waals surface area contributed by atoms with E-state index in [1.807, 2.05) is 25.9 Å². The summed E-state index contributed by atoms with van der Waals surface area (Å²) in [5.74, 6) is -6.81. The summed E-state index contributed by atoms with van der Waals surface area (Å²) in [5.41, 5.74) is -4.84. The Labute approximate surface area is 438 Å². The first-order chi connectivity index (χ1) is 34.6. The maximum absolute atomic E-state index is 14.1. The fourth-order valence-electron chi connectivity index (χ4n) is 10.6. The molecule has 0 aromatic carbocycles. The molecule has 4 rings (SSSR count). The molecule has 27 atom stereocenters. The van der Waals surface area contributed by atoms with Gasteiger partial charge in [0.15, 0.2) is 25.0 Å². The van der Waals surface area contributed by atoms with Crippen molar-refractivity contribution in [2.45, 2.75) is 234 Å². The molecule has 26 heteroatoms. The number of ether oxygens (including phenoxy) is 8. The van der Waals surface area contributed by atoms with Crippen LogP contribution in [0, 0.1) is 23.7 Å². The molecule has 4 heterocycles. The molecule has 4 aliphatic heterocycles. The van der Waals surface area contributed by atoms with E-state index >= 15 is 0 Å². The predicted octanol–water partition coefficient (Wildman–Crippen LogP) is -3.88. The normalized spacial score (nSPS) is 45.3. The number of methoxy groups -OCH3 is 1. The number of rotatable bonds is 15. The lowest BCUT2D eigenvalue weighted by atomic mass is 9.74. The Morgan fingerprint density at radius 1 is 0.800 bits per heavy atom. The Morgan fingerprint density at radius 2 is 1.40 bits per heavy atom. The number of carboxylic acid groups (broad SMARTS) is 1. The Bertz CT molecular complexity index is 1790. The molecule has 4 fully saturated rings. The number of aliphatic hydroxyl groups is 13. The highest BCUT2D eigenvalue weighted by Crippen LogP contribution is 2.41. The number of ketones is 1. The molecule has 0 amide bonds. The van der Waals surface area contributed by atoms with E-state index in [-0.39, 0.29) is 31.4 Å². The van der Waals surface area contributed by atoms with Crippen LogP contribution in [-0.2, 0) is 52.3 Å². The Hall–Kier alpha value is -2.23. The summed E-state index contributed by atoms with van der Waals surface area (Å²) in [4.78, 5) is 40.5. The molecule has 0 aromatic rings. The second kappa shape index (κ2) is 27.8. The number of cyclic esters (lactones) is 1. The third kappa shape index (κ3) is 15.8. The molecular formula is C49H89NO25. The van der Waals surface area contributed by atoms with E-state index in [1.165, 1.54) is 27.9 Å². The van der Waals surface area contributed by atoms with E-state index in [0.29, 0.717) is 6.42 Å². The number of aliphatic hydroxyl groups excluding tert-OH is 11. The number of likely N-dealkylation sites (N-methyl/N-ethyl adjacent to an activating group) is 1. The lowest BCUT2D eigenvalue weighted by Gasteiger charge is -2.49. The first-order valence-corrected chi connectivity index (χ1v) is 25.5. The van der Waals surface area contributed by atoms with Crippen LogP contribution in [0.4, 0.5) is 0 Å². The average molecular weight is 1090 g/mol. The van der Waals surface area contributed by atoms with Gasteiger partial charge < -0.3 is 114 Å². The average Bonchev–Trinajstić information content (AvgIpc) is 3.35. The zero-order valence-corrected chi connectivity index (χ0v) is 45.3. The molecule has 0 bridgehead atoms. The van der Waals surface area contributed by atoms with Gasteiger partial charge in [0.1, 0.15) is 72.4 Å². The SMILES string of the molecule is CC[C@H]1OC(=O)[C@H](C)[C@@H](OC2CC(C)(OC)C(O)C(C)O2)[C@H](C)[C@@H](OC2OC(C)CC(N(C)C)C2O)[C@](C)(O)C[C@@H](C)C(=O)[C@H](C)[C@@H](O)[C@]1(C)O.O=C(O)[C@H](O)[C@@H](O)C(O[C@@H]1OC(CO)[C@H](O)[C@H](O)C1O)[C@H](O)CO. The molecule has 14 N–H and O–H groups in total. The number of carbonyl (C=O) groups is 3. The summed E-state index contributed by atoms with van der Waals surface area (Å²) in [6.45, 7) is 14.6. The number of carboxylic acids is 1. The number of Topliss-reactive ketones (excluding diaryl/α,β-unsaturated/α-hetero) is 1. The Balaban J connectivity index is 0.000000516. The molecule has 4 saturated heterocycles. The van der Waals surface area contributed by atoms with Crippen molar-refractivity contribution < 1.29 is 124 Å². The summed E-state index contributed by atoms with van der Waals surface area (Å²) < 4.78 is 47.0. The van der Waals surface area contributed by atoms with Crippen LogP contribution in [0.2, 0.25) is 0 Å². The maximum atomic E-state index is 14.1. The van der Waals surface area contributed by atoms with Crippen LogP contribution in [0.5, 0.6) is 0 Å². The van der Waals surface area contributed by atoms with Gasteiger partial charge in [0.25, 0.3) is 0 Å². The van der Waals surface area contributed by atoms with Crippen molar-refractivity contribution in [2.24, 2.45) is 23.7 Å². The molecule has 11 unspecified atom stereocenters. The van der Waals surface area contributed by atoms with E-state index in [2.05, 4.69) is 0 Å². The van der Waals surface area contributed by atoms with Gasteiger partial charge >= 0.3 is 11.9 Å². The fourth-order valence-corrected chi connectivity index (χ4v) is 10.6. The van der Waals surface area contributed by atoms with Gasteiger partial charge in [-0.05, 0) is 74.9 Å². The first kappa shape index (κ1) is 67.0. The monoisotopic (exact) mass is 1090 g/mol. The van der Waals surface area contributed by atoms with Crippen LogP contribution < -0.4 is 0 Å². The molecule has 0 aromatic heterocycles. The first-order valence-electron chi connectivity index (χ1n) is 25.5. The summed E-state index contributed by atoms with van der Waals surface area (Å²) in [6.07, 6.45) is -26.6. The molecule has 4 aliphatic rings. The Morgan fingerprint density at radius 3 is 1.92 bits per heavy atom. The lowest BCUT2D eigenvalue weighted by Crippen LogP contribution is -2.61. The molecule has 440 valence electrons. The van der Waals surface area contributed by atoms with Crippen molar-refractivity contribution in [2.75, 3.05) is 34.4 Å². The topological polar surface area (TPSA) is 412 Å². The van der Waals surface area contributed by atoms with Crippen molar-refractivity contribution in [3.8, 4) is 0 Å². The number of hydrogen-bond donors (Lipinski definition) is 14.